The molecule has 0 bridgehead atoms. The largest absolute Gasteiger partial charge is 0.401 e. The summed E-state index contributed by atoms with van der Waals surface area (Å²) in [5, 5.41) is 5.66. The molecule has 0 spiro atoms. The Balaban J connectivity index is 1.68. The molecule has 0 radical (unpaired) electrons. The third-order valence-corrected chi connectivity index (χ3v) is 13.2. The second-order valence-corrected chi connectivity index (χ2v) is 16.7. The Hall–Kier alpha value is -3.44. The maximum atomic E-state index is 16.0. The summed E-state index contributed by atoms with van der Waals surface area (Å²) in [6.07, 6.45) is 1.01. The molecule has 5 rings (SSSR count). The Bertz CT molecular complexity index is 1550. The summed E-state index contributed by atoms with van der Waals surface area (Å²) in [5.41, 5.74) is 0.375. The third kappa shape index (κ3) is 5.89. The fraction of sp³-hybridized carbons (Fsp3) is 0.375. The van der Waals surface area contributed by atoms with Gasteiger partial charge in [-0.3, -0.25) is 4.79 Å². The minimum atomic E-state index is -3.00. The van der Waals surface area contributed by atoms with Gasteiger partial charge in [-0.1, -0.05) is 93.0 Å². The average Bonchev–Trinajstić information content (AvgIpc) is 3.40. The van der Waals surface area contributed by atoms with Crippen LogP contribution in [0.15, 0.2) is 67.0 Å². The lowest BCUT2D eigenvalue weighted by Gasteiger charge is -2.43. The molecule has 0 aliphatic carbocycles. The normalized spacial score (nSPS) is 17.7. The van der Waals surface area contributed by atoms with Crippen LogP contribution < -0.4 is 15.3 Å². The number of hydrogen-bond acceptors (Lipinski definition) is 7. The van der Waals surface area contributed by atoms with Crippen molar-refractivity contribution in [3.63, 3.8) is 0 Å². The molecule has 0 amide bonds. The van der Waals surface area contributed by atoms with E-state index in [-0.39, 0.29) is 34.7 Å². The first-order valence-electron chi connectivity index (χ1n) is 14.4. The predicted octanol–water partition coefficient (Wildman–Crippen LogP) is 4.92. The summed E-state index contributed by atoms with van der Waals surface area (Å²) >= 11 is 6.81. The minimum Gasteiger partial charge on any atom is -0.401 e. The Kier molecular flexibility index (Phi) is 8.85. The van der Waals surface area contributed by atoms with Crippen LogP contribution in [0, 0.1) is 5.82 Å². The monoisotopic (exact) mass is 621 g/mol. The highest BCUT2D eigenvalue weighted by Gasteiger charge is 2.50. The number of carbonyl (C=O) groups excluding carboxylic acids is 1. The molecule has 43 heavy (non-hydrogen) atoms. The van der Waals surface area contributed by atoms with Crippen molar-refractivity contribution in [1.29, 1.82) is 0 Å². The topological polar surface area (TPSA) is 82.4 Å². The van der Waals surface area contributed by atoms with Crippen molar-refractivity contribution in [3.05, 3.63) is 95.0 Å². The van der Waals surface area contributed by atoms with E-state index >= 15 is 4.39 Å². The van der Waals surface area contributed by atoms with Crippen molar-refractivity contribution in [2.45, 2.75) is 58.5 Å². The van der Waals surface area contributed by atoms with E-state index < -0.39 is 25.6 Å². The minimum absolute atomic E-state index is 0.00181. The number of pyridine rings is 1. The van der Waals surface area contributed by atoms with Crippen molar-refractivity contribution in [3.8, 4) is 0 Å². The SMILES string of the molecule is C[C@@H]1CN(c2c(CO[Si](c3ccccc3)(c3ccccc3)C(C)(C)C)nc(C(=O)c3ncnn3C)c(F)c2Cl)C[C@H](C)O1. The Labute approximate surface area is 258 Å². The van der Waals surface area contributed by atoms with Gasteiger partial charge in [0, 0.05) is 20.1 Å². The molecule has 0 N–H and O–H groups in total. The molecule has 0 unspecified atom stereocenters. The van der Waals surface area contributed by atoms with E-state index in [1.807, 2.05) is 55.1 Å². The molecule has 8 nitrogen and oxygen atoms in total. The lowest BCUT2D eigenvalue weighted by molar-refractivity contribution is -0.00535. The van der Waals surface area contributed by atoms with Gasteiger partial charge in [0.25, 0.3) is 14.1 Å². The molecule has 1 aliphatic heterocycles. The van der Waals surface area contributed by atoms with Crippen molar-refractivity contribution >= 4 is 41.8 Å². The summed E-state index contributed by atoms with van der Waals surface area (Å²) < 4.78 is 30.4. The molecule has 226 valence electrons. The van der Waals surface area contributed by atoms with Crippen LogP contribution in [0.5, 0.6) is 0 Å². The van der Waals surface area contributed by atoms with Crippen molar-refractivity contribution < 1.29 is 18.3 Å². The van der Waals surface area contributed by atoms with E-state index in [1.165, 1.54) is 11.0 Å². The molecule has 4 aromatic rings. The number of nitrogens with zero attached hydrogens (tertiary/aromatic N) is 5. The fourth-order valence-corrected chi connectivity index (χ4v) is 10.9. The van der Waals surface area contributed by atoms with E-state index in [0.717, 1.165) is 10.4 Å². The summed E-state index contributed by atoms with van der Waals surface area (Å²) in [6.45, 7) is 11.4. The molecule has 1 fully saturated rings. The zero-order chi connectivity index (χ0) is 30.9. The number of benzene rings is 2. The molecule has 1 aliphatic rings. The van der Waals surface area contributed by atoms with Crippen LogP contribution in [0.3, 0.4) is 0 Å². The van der Waals surface area contributed by atoms with Gasteiger partial charge < -0.3 is 14.1 Å². The van der Waals surface area contributed by atoms with E-state index in [1.54, 1.807) is 7.05 Å². The second-order valence-electron chi connectivity index (χ2n) is 12.0. The Morgan fingerprint density at radius 1 is 1.05 bits per heavy atom. The second kappa shape index (κ2) is 12.3. The average molecular weight is 622 g/mol. The first-order valence-corrected chi connectivity index (χ1v) is 16.6. The molecular formula is C32H37ClFN5O3Si. The Morgan fingerprint density at radius 2 is 1.60 bits per heavy atom. The number of morpholine rings is 1. The Morgan fingerprint density at radius 3 is 2.09 bits per heavy atom. The molecule has 1 saturated heterocycles. The highest BCUT2D eigenvalue weighted by atomic mass is 35.5. The van der Waals surface area contributed by atoms with Gasteiger partial charge in [0.15, 0.2) is 11.5 Å². The van der Waals surface area contributed by atoms with Gasteiger partial charge in [0.2, 0.25) is 5.82 Å². The highest BCUT2D eigenvalue weighted by molar-refractivity contribution is 6.99. The van der Waals surface area contributed by atoms with Crippen LogP contribution in [0.4, 0.5) is 10.1 Å². The predicted molar refractivity (Wildman–Crippen MR) is 168 cm³/mol. The van der Waals surface area contributed by atoms with Gasteiger partial charge in [0.05, 0.1) is 30.2 Å². The number of halogens is 2. The maximum absolute atomic E-state index is 16.0. The van der Waals surface area contributed by atoms with Crippen molar-refractivity contribution in [2.24, 2.45) is 7.05 Å². The number of carbonyl (C=O) groups is 1. The van der Waals surface area contributed by atoms with Crippen LogP contribution in [0.25, 0.3) is 0 Å². The van der Waals surface area contributed by atoms with E-state index in [0.29, 0.717) is 24.5 Å². The third-order valence-electron chi connectivity index (χ3n) is 7.84. The lowest BCUT2D eigenvalue weighted by Crippen LogP contribution is -2.66. The van der Waals surface area contributed by atoms with E-state index in [9.17, 15) is 4.79 Å². The smallest absolute Gasteiger partial charge is 0.261 e. The van der Waals surface area contributed by atoms with Crippen LogP contribution in [-0.4, -0.2) is 59.1 Å². The molecule has 2 atom stereocenters. The number of aryl methyl sites for hydroxylation is 1. The molecule has 0 saturated carbocycles. The zero-order valence-electron chi connectivity index (χ0n) is 25.3. The number of aromatic nitrogens is 4. The van der Waals surface area contributed by atoms with Crippen LogP contribution in [0.1, 0.15) is 56.6 Å². The molecule has 2 aromatic carbocycles. The fourth-order valence-electron chi connectivity index (χ4n) is 6.05. The number of anilines is 1. The van der Waals surface area contributed by atoms with Gasteiger partial charge in [0.1, 0.15) is 11.3 Å². The molecule has 2 aromatic heterocycles. The zero-order valence-corrected chi connectivity index (χ0v) is 27.1. The molecule has 3 heterocycles. The number of hydrogen-bond donors (Lipinski definition) is 0. The number of rotatable bonds is 8. The van der Waals surface area contributed by atoms with Gasteiger partial charge >= 0.3 is 0 Å². The van der Waals surface area contributed by atoms with Gasteiger partial charge in [-0.05, 0) is 29.3 Å². The van der Waals surface area contributed by atoms with E-state index in [2.05, 4.69) is 60.1 Å². The first-order chi connectivity index (χ1) is 20.4. The summed E-state index contributed by atoms with van der Waals surface area (Å²) in [5.74, 6) is -1.64. The van der Waals surface area contributed by atoms with Crippen molar-refractivity contribution in [1.82, 2.24) is 19.7 Å². The standard InChI is InChI=1S/C32H37ClFN5O3Si/c1-21-17-39(18-22(2)42-21)29-25(37-28(27(34)26(29)33)30(40)31-35-20-36-38(31)6)19-41-43(32(3,4)5,23-13-9-7-10-14-23)24-15-11-8-12-16-24/h7-16,20-22H,17-19H2,1-6H3/t21-,22+. The first kappa shape index (κ1) is 31.0. The van der Waals surface area contributed by atoms with Crippen LogP contribution >= 0.6 is 11.6 Å². The van der Waals surface area contributed by atoms with Gasteiger partial charge in [-0.25, -0.2) is 19.0 Å². The lowest BCUT2D eigenvalue weighted by atomic mass is 10.1. The summed E-state index contributed by atoms with van der Waals surface area (Å²) in [6, 6.07) is 20.4. The molecule has 11 heteroatoms. The van der Waals surface area contributed by atoms with Crippen LogP contribution in [0.2, 0.25) is 10.1 Å². The van der Waals surface area contributed by atoms with Gasteiger partial charge in [-0.2, -0.15) is 5.10 Å². The number of ketones is 1. The highest BCUT2D eigenvalue weighted by Crippen LogP contribution is 2.40. The summed E-state index contributed by atoms with van der Waals surface area (Å²) in [4.78, 5) is 24.2. The quantitative estimate of drug-likeness (QED) is 0.204. The number of ether oxygens (including phenoxy) is 1. The summed E-state index contributed by atoms with van der Waals surface area (Å²) in [7, 11) is -1.43. The van der Waals surface area contributed by atoms with Gasteiger partial charge in [-0.15, -0.1) is 0 Å². The maximum Gasteiger partial charge on any atom is 0.261 e. The molecular weight excluding hydrogens is 585 g/mol. The van der Waals surface area contributed by atoms with Crippen LogP contribution in [-0.2, 0) is 22.8 Å². The van der Waals surface area contributed by atoms with E-state index in [4.69, 9.17) is 20.8 Å². The van der Waals surface area contributed by atoms with Crippen molar-refractivity contribution in [2.75, 3.05) is 18.0 Å².